The summed E-state index contributed by atoms with van der Waals surface area (Å²) in [6, 6.07) is 11.0. The van der Waals surface area contributed by atoms with Crippen LogP contribution in [0.15, 0.2) is 36.4 Å². The van der Waals surface area contributed by atoms with Crippen molar-refractivity contribution in [3.63, 3.8) is 0 Å². The van der Waals surface area contributed by atoms with Crippen LogP contribution >= 0.6 is 11.6 Å². The lowest BCUT2D eigenvalue weighted by atomic mass is 10.1. The van der Waals surface area contributed by atoms with Gasteiger partial charge in [-0.15, -0.1) is 0 Å². The van der Waals surface area contributed by atoms with E-state index >= 15 is 0 Å². The van der Waals surface area contributed by atoms with Crippen LogP contribution < -0.4 is 10.6 Å². The van der Waals surface area contributed by atoms with Crippen molar-refractivity contribution in [1.82, 2.24) is 0 Å². The highest BCUT2D eigenvalue weighted by atomic mass is 35.5. The third-order valence-corrected chi connectivity index (χ3v) is 3.63. The molecular formula is C16H17ClN2O2. The van der Waals surface area contributed by atoms with Gasteiger partial charge in [0.1, 0.15) is 0 Å². The molecular weight excluding hydrogens is 288 g/mol. The van der Waals surface area contributed by atoms with Gasteiger partial charge < -0.3 is 15.7 Å². The van der Waals surface area contributed by atoms with Crippen LogP contribution in [-0.2, 0) is 6.54 Å². The van der Waals surface area contributed by atoms with Gasteiger partial charge in [0, 0.05) is 30.0 Å². The molecule has 0 fully saturated rings. The summed E-state index contributed by atoms with van der Waals surface area (Å²) in [7, 11) is 1.91. The molecule has 0 aliphatic carbocycles. The molecule has 2 aromatic rings. The third kappa shape index (κ3) is 3.47. The number of nitrogen functional groups attached to an aromatic ring is 1. The van der Waals surface area contributed by atoms with E-state index in [1.54, 1.807) is 13.0 Å². The molecule has 0 bridgehead atoms. The number of carboxylic acids is 1. The number of carbonyl (C=O) groups is 1. The minimum absolute atomic E-state index is 0.132. The van der Waals surface area contributed by atoms with Crippen molar-refractivity contribution in [2.24, 2.45) is 0 Å². The number of aryl methyl sites for hydroxylation is 1. The maximum Gasteiger partial charge on any atom is 0.337 e. The topological polar surface area (TPSA) is 66.6 Å². The largest absolute Gasteiger partial charge is 0.478 e. The van der Waals surface area contributed by atoms with Gasteiger partial charge in [-0.25, -0.2) is 4.79 Å². The van der Waals surface area contributed by atoms with Crippen molar-refractivity contribution in [3.8, 4) is 0 Å². The summed E-state index contributed by atoms with van der Waals surface area (Å²) in [6.07, 6.45) is 0. The molecule has 4 nitrogen and oxygen atoms in total. The Labute approximate surface area is 128 Å². The zero-order valence-corrected chi connectivity index (χ0v) is 12.7. The van der Waals surface area contributed by atoms with Crippen molar-refractivity contribution < 1.29 is 9.90 Å². The van der Waals surface area contributed by atoms with Crippen LogP contribution in [0.25, 0.3) is 0 Å². The molecule has 0 unspecified atom stereocenters. The minimum atomic E-state index is -1.02. The number of halogens is 1. The van der Waals surface area contributed by atoms with Gasteiger partial charge in [0.25, 0.3) is 0 Å². The number of anilines is 2. The van der Waals surface area contributed by atoms with E-state index in [0.717, 1.165) is 16.8 Å². The minimum Gasteiger partial charge on any atom is -0.478 e. The number of nitrogens with two attached hydrogens (primary N) is 1. The van der Waals surface area contributed by atoms with Gasteiger partial charge in [0.05, 0.1) is 5.56 Å². The first-order chi connectivity index (χ1) is 9.88. The Morgan fingerprint density at radius 3 is 2.48 bits per heavy atom. The highest BCUT2D eigenvalue weighted by Gasteiger charge is 2.13. The first kappa shape index (κ1) is 15.2. The van der Waals surface area contributed by atoms with Crippen LogP contribution in [-0.4, -0.2) is 18.1 Å². The van der Waals surface area contributed by atoms with Crippen LogP contribution in [0.1, 0.15) is 21.5 Å². The predicted molar refractivity (Wildman–Crippen MR) is 86.1 cm³/mol. The molecule has 0 aromatic heterocycles. The highest BCUT2D eigenvalue weighted by Crippen LogP contribution is 2.26. The Morgan fingerprint density at radius 1 is 1.29 bits per heavy atom. The maximum absolute atomic E-state index is 11.2. The van der Waals surface area contributed by atoms with E-state index in [1.807, 2.05) is 42.3 Å². The Kier molecular flexibility index (Phi) is 4.38. The molecule has 2 rings (SSSR count). The highest BCUT2D eigenvalue weighted by molar-refractivity contribution is 6.30. The van der Waals surface area contributed by atoms with Crippen molar-refractivity contribution in [1.29, 1.82) is 0 Å². The lowest BCUT2D eigenvalue weighted by Gasteiger charge is -2.21. The average Bonchev–Trinajstić information content (AvgIpc) is 2.43. The van der Waals surface area contributed by atoms with Gasteiger partial charge in [0.2, 0.25) is 0 Å². The van der Waals surface area contributed by atoms with E-state index < -0.39 is 5.97 Å². The Balaban J connectivity index is 2.28. The van der Waals surface area contributed by atoms with Crippen LogP contribution in [0.4, 0.5) is 11.4 Å². The van der Waals surface area contributed by atoms with Gasteiger partial charge in [-0.1, -0.05) is 23.7 Å². The number of hydrogen-bond donors (Lipinski definition) is 2. The normalized spacial score (nSPS) is 10.4. The number of hydrogen-bond acceptors (Lipinski definition) is 3. The summed E-state index contributed by atoms with van der Waals surface area (Å²) in [5.74, 6) is -1.02. The van der Waals surface area contributed by atoms with E-state index in [2.05, 4.69) is 0 Å². The second kappa shape index (κ2) is 6.06. The molecule has 0 atom stereocenters. The van der Waals surface area contributed by atoms with E-state index in [0.29, 0.717) is 17.3 Å². The second-order valence-corrected chi connectivity index (χ2v) is 5.45. The summed E-state index contributed by atoms with van der Waals surface area (Å²) in [4.78, 5) is 13.2. The molecule has 0 aliphatic heterocycles. The van der Waals surface area contributed by atoms with E-state index in [-0.39, 0.29) is 5.56 Å². The molecule has 5 heteroatoms. The summed E-state index contributed by atoms with van der Waals surface area (Å²) in [6.45, 7) is 2.46. The molecule has 0 spiro atoms. The molecule has 0 radical (unpaired) electrons. The predicted octanol–water partition coefficient (Wildman–Crippen LogP) is 3.57. The SMILES string of the molecule is Cc1cc(N(C)Cc2ccc(Cl)cc2)cc(C(=O)O)c1N. The van der Waals surface area contributed by atoms with E-state index in [9.17, 15) is 9.90 Å². The molecule has 0 saturated heterocycles. The quantitative estimate of drug-likeness (QED) is 0.848. The molecule has 0 amide bonds. The molecule has 3 N–H and O–H groups in total. The number of benzene rings is 2. The number of carboxylic acid groups (broad SMARTS) is 1. The summed E-state index contributed by atoms with van der Waals surface area (Å²) in [5.41, 5.74) is 8.91. The zero-order valence-electron chi connectivity index (χ0n) is 11.9. The Hall–Kier alpha value is -2.20. The number of aromatic carboxylic acids is 1. The third-order valence-electron chi connectivity index (χ3n) is 3.38. The Morgan fingerprint density at radius 2 is 1.90 bits per heavy atom. The first-order valence-corrected chi connectivity index (χ1v) is 6.85. The van der Waals surface area contributed by atoms with E-state index in [1.165, 1.54) is 0 Å². The lowest BCUT2D eigenvalue weighted by Crippen LogP contribution is -2.17. The standard InChI is InChI=1S/C16H17ClN2O2/c1-10-7-13(8-14(15(10)18)16(20)21)19(2)9-11-3-5-12(17)6-4-11/h3-8H,9,18H2,1-2H3,(H,20,21). The molecule has 2 aromatic carbocycles. The monoisotopic (exact) mass is 304 g/mol. The summed E-state index contributed by atoms with van der Waals surface area (Å²) < 4.78 is 0. The van der Waals surface area contributed by atoms with Crippen LogP contribution in [0.2, 0.25) is 5.02 Å². The van der Waals surface area contributed by atoms with Gasteiger partial charge in [-0.3, -0.25) is 0 Å². The molecule has 21 heavy (non-hydrogen) atoms. The Bertz CT molecular complexity index is 669. The van der Waals surface area contributed by atoms with E-state index in [4.69, 9.17) is 17.3 Å². The van der Waals surface area contributed by atoms with Gasteiger partial charge >= 0.3 is 5.97 Å². The van der Waals surface area contributed by atoms with Crippen molar-refractivity contribution >= 4 is 28.9 Å². The molecule has 110 valence electrons. The molecule has 0 saturated carbocycles. The first-order valence-electron chi connectivity index (χ1n) is 6.47. The maximum atomic E-state index is 11.2. The van der Waals surface area contributed by atoms with Crippen LogP contribution in [0.5, 0.6) is 0 Å². The fourth-order valence-corrected chi connectivity index (χ4v) is 2.26. The smallest absolute Gasteiger partial charge is 0.337 e. The summed E-state index contributed by atoms with van der Waals surface area (Å²) >= 11 is 5.87. The second-order valence-electron chi connectivity index (χ2n) is 5.01. The zero-order chi connectivity index (χ0) is 15.6. The molecule has 0 heterocycles. The summed E-state index contributed by atoms with van der Waals surface area (Å²) in [5, 5.41) is 9.90. The van der Waals surface area contributed by atoms with Crippen molar-refractivity contribution in [2.45, 2.75) is 13.5 Å². The number of rotatable bonds is 4. The number of nitrogens with zero attached hydrogens (tertiary/aromatic N) is 1. The van der Waals surface area contributed by atoms with Crippen molar-refractivity contribution in [3.05, 3.63) is 58.1 Å². The van der Waals surface area contributed by atoms with Crippen LogP contribution in [0, 0.1) is 6.92 Å². The molecule has 0 aliphatic rings. The van der Waals surface area contributed by atoms with Crippen molar-refractivity contribution in [2.75, 3.05) is 17.7 Å². The van der Waals surface area contributed by atoms with Gasteiger partial charge in [-0.05, 0) is 42.3 Å². The fourth-order valence-electron chi connectivity index (χ4n) is 2.13. The van der Waals surface area contributed by atoms with Crippen LogP contribution in [0.3, 0.4) is 0 Å². The lowest BCUT2D eigenvalue weighted by molar-refractivity contribution is 0.0698. The van der Waals surface area contributed by atoms with Gasteiger partial charge in [0.15, 0.2) is 0 Å². The fraction of sp³-hybridized carbons (Fsp3) is 0.188. The van der Waals surface area contributed by atoms with Gasteiger partial charge in [-0.2, -0.15) is 0 Å². The average molecular weight is 305 g/mol.